The molecule has 0 saturated carbocycles. The Bertz CT molecular complexity index is 573. The molecule has 120 valence electrons. The van der Waals surface area contributed by atoms with Crippen molar-refractivity contribution in [2.45, 2.75) is 52.9 Å². The summed E-state index contributed by atoms with van der Waals surface area (Å²) >= 11 is 0. The van der Waals surface area contributed by atoms with Gasteiger partial charge in [-0.3, -0.25) is 0 Å². The maximum atomic E-state index is 5.84. The summed E-state index contributed by atoms with van der Waals surface area (Å²) in [6, 6.07) is 7.95. The van der Waals surface area contributed by atoms with E-state index in [2.05, 4.69) is 31.5 Å². The lowest BCUT2D eigenvalue weighted by Gasteiger charge is -2.07. The molecule has 4 nitrogen and oxygen atoms in total. The van der Waals surface area contributed by atoms with E-state index >= 15 is 0 Å². The van der Waals surface area contributed by atoms with Crippen LogP contribution in [0.4, 0.5) is 0 Å². The molecule has 22 heavy (non-hydrogen) atoms. The zero-order valence-corrected chi connectivity index (χ0v) is 14.0. The molecule has 4 heteroatoms. The van der Waals surface area contributed by atoms with Crippen molar-refractivity contribution < 1.29 is 9.47 Å². The van der Waals surface area contributed by atoms with Gasteiger partial charge >= 0.3 is 0 Å². The second kappa shape index (κ2) is 7.99. The van der Waals surface area contributed by atoms with Crippen LogP contribution in [0.3, 0.4) is 0 Å². The van der Waals surface area contributed by atoms with E-state index in [1.54, 1.807) is 7.11 Å². The summed E-state index contributed by atoms with van der Waals surface area (Å²) in [4.78, 5) is 4.70. The Labute approximate surface area is 133 Å². The fraction of sp³-hybridized carbons (Fsp3) is 0.500. The number of aryl methyl sites for hydroxylation is 1. The van der Waals surface area contributed by atoms with Crippen LogP contribution >= 0.6 is 0 Å². The first-order valence-electron chi connectivity index (χ1n) is 7.90. The molecule has 2 aromatic rings. The van der Waals surface area contributed by atoms with Crippen molar-refractivity contribution in [2.75, 3.05) is 7.11 Å². The van der Waals surface area contributed by atoms with E-state index in [9.17, 15) is 0 Å². The summed E-state index contributed by atoms with van der Waals surface area (Å²) in [5.41, 5.74) is 2.27. The van der Waals surface area contributed by atoms with Crippen LogP contribution in [0.25, 0.3) is 0 Å². The van der Waals surface area contributed by atoms with Crippen molar-refractivity contribution >= 4 is 0 Å². The maximum Gasteiger partial charge on any atom is 0.135 e. The fourth-order valence-corrected chi connectivity index (χ4v) is 2.29. The van der Waals surface area contributed by atoms with Gasteiger partial charge in [-0.1, -0.05) is 32.9 Å². The number of benzene rings is 1. The Kier molecular flexibility index (Phi) is 6.01. The molecule has 0 N–H and O–H groups in total. The molecule has 0 radical (unpaired) electrons. The average molecular weight is 302 g/mol. The lowest BCUT2D eigenvalue weighted by Crippen LogP contribution is -2.05. The molecular weight excluding hydrogens is 276 g/mol. The monoisotopic (exact) mass is 302 g/mol. The average Bonchev–Trinajstić information content (AvgIpc) is 2.92. The predicted octanol–water partition coefficient (Wildman–Crippen LogP) is 4.14. The second-order valence-corrected chi connectivity index (χ2v) is 5.77. The molecule has 0 atom stereocenters. The van der Waals surface area contributed by atoms with Crippen LogP contribution in [-0.2, 0) is 24.5 Å². The van der Waals surface area contributed by atoms with Crippen LogP contribution in [-0.4, -0.2) is 16.7 Å². The van der Waals surface area contributed by atoms with Crippen LogP contribution in [0, 0.1) is 0 Å². The van der Waals surface area contributed by atoms with Crippen molar-refractivity contribution in [3.05, 3.63) is 47.5 Å². The van der Waals surface area contributed by atoms with Gasteiger partial charge < -0.3 is 14.0 Å². The van der Waals surface area contributed by atoms with Gasteiger partial charge in [0.05, 0.1) is 19.4 Å². The maximum absolute atomic E-state index is 5.84. The second-order valence-electron chi connectivity index (χ2n) is 5.77. The molecule has 1 aromatic carbocycles. The number of hydrogen-bond acceptors (Lipinski definition) is 3. The minimum absolute atomic E-state index is 0.443. The Balaban J connectivity index is 1.95. The smallest absolute Gasteiger partial charge is 0.135 e. The van der Waals surface area contributed by atoms with Crippen molar-refractivity contribution in [2.24, 2.45) is 0 Å². The zero-order valence-electron chi connectivity index (χ0n) is 14.0. The highest BCUT2D eigenvalue weighted by Crippen LogP contribution is 2.16. The number of nitrogens with zero attached hydrogens (tertiary/aromatic N) is 2. The third-order valence-electron chi connectivity index (χ3n) is 3.59. The van der Waals surface area contributed by atoms with Crippen LogP contribution < -0.4 is 4.74 Å². The number of hydrogen-bond donors (Lipinski definition) is 0. The largest absolute Gasteiger partial charge is 0.497 e. The van der Waals surface area contributed by atoms with E-state index in [0.29, 0.717) is 19.1 Å². The number of aromatic nitrogens is 2. The summed E-state index contributed by atoms with van der Waals surface area (Å²) in [6.45, 7) is 8.62. The molecule has 0 spiro atoms. The summed E-state index contributed by atoms with van der Waals surface area (Å²) in [5, 5.41) is 0. The van der Waals surface area contributed by atoms with Crippen molar-refractivity contribution in [1.29, 1.82) is 0 Å². The van der Waals surface area contributed by atoms with E-state index in [1.165, 1.54) is 0 Å². The molecule has 0 aliphatic carbocycles. The van der Waals surface area contributed by atoms with Gasteiger partial charge in [-0.05, 0) is 30.0 Å². The summed E-state index contributed by atoms with van der Waals surface area (Å²) in [7, 11) is 1.67. The molecule has 1 aromatic heterocycles. The molecule has 0 unspecified atom stereocenters. The number of rotatable bonds is 8. The van der Waals surface area contributed by atoms with Crippen molar-refractivity contribution in [3.63, 3.8) is 0 Å². The Morgan fingerprint density at radius 1 is 1.14 bits per heavy atom. The first-order valence-corrected chi connectivity index (χ1v) is 7.90. The standard InChI is InChI=1S/C18H26N2O2/c1-5-10-20-11-17(14(2)3)19-18(20)13-22-12-15-6-8-16(21-4)9-7-15/h6-9,11,14H,5,10,12-13H2,1-4H3. The highest BCUT2D eigenvalue weighted by atomic mass is 16.5. The van der Waals surface area contributed by atoms with E-state index in [-0.39, 0.29) is 0 Å². The predicted molar refractivity (Wildman–Crippen MR) is 88.1 cm³/mol. The van der Waals surface area contributed by atoms with Gasteiger partial charge in [-0.15, -0.1) is 0 Å². The third-order valence-corrected chi connectivity index (χ3v) is 3.59. The van der Waals surface area contributed by atoms with Crippen molar-refractivity contribution in [3.8, 4) is 5.75 Å². The highest BCUT2D eigenvalue weighted by molar-refractivity contribution is 5.26. The van der Waals surface area contributed by atoms with Crippen LogP contribution in [0.1, 0.15) is 50.2 Å². The molecule has 0 amide bonds. The molecule has 0 bridgehead atoms. The lowest BCUT2D eigenvalue weighted by molar-refractivity contribution is 0.0991. The van der Waals surface area contributed by atoms with Crippen molar-refractivity contribution in [1.82, 2.24) is 9.55 Å². The number of ether oxygens (including phenoxy) is 2. The molecule has 0 saturated heterocycles. The molecule has 0 aliphatic rings. The van der Waals surface area contributed by atoms with Gasteiger partial charge in [0, 0.05) is 12.7 Å². The van der Waals surface area contributed by atoms with Gasteiger partial charge in [0.1, 0.15) is 18.2 Å². The Hall–Kier alpha value is -1.81. The minimum Gasteiger partial charge on any atom is -0.497 e. The van der Waals surface area contributed by atoms with E-state index in [0.717, 1.165) is 35.8 Å². The van der Waals surface area contributed by atoms with E-state index in [1.807, 2.05) is 24.3 Å². The molecule has 2 rings (SSSR count). The summed E-state index contributed by atoms with van der Waals surface area (Å²) < 4.78 is 13.2. The van der Waals surface area contributed by atoms with Gasteiger partial charge in [0.2, 0.25) is 0 Å². The Morgan fingerprint density at radius 3 is 2.45 bits per heavy atom. The fourth-order valence-electron chi connectivity index (χ4n) is 2.29. The molecule has 0 aliphatic heterocycles. The quantitative estimate of drug-likeness (QED) is 0.735. The first-order chi connectivity index (χ1) is 10.6. The first kappa shape index (κ1) is 16.6. The van der Waals surface area contributed by atoms with Crippen LogP contribution in [0.2, 0.25) is 0 Å². The van der Waals surface area contributed by atoms with Crippen LogP contribution in [0.15, 0.2) is 30.5 Å². The lowest BCUT2D eigenvalue weighted by atomic mass is 10.2. The van der Waals surface area contributed by atoms with Gasteiger partial charge in [0.15, 0.2) is 0 Å². The SMILES string of the molecule is CCCn1cc(C(C)C)nc1COCc1ccc(OC)cc1. The summed E-state index contributed by atoms with van der Waals surface area (Å²) in [6.07, 6.45) is 3.25. The Morgan fingerprint density at radius 2 is 1.86 bits per heavy atom. The third kappa shape index (κ3) is 4.34. The van der Waals surface area contributed by atoms with Gasteiger partial charge in [-0.25, -0.2) is 4.98 Å². The van der Waals surface area contributed by atoms with Crippen LogP contribution in [0.5, 0.6) is 5.75 Å². The number of methoxy groups -OCH3 is 1. The molecular formula is C18H26N2O2. The van der Waals surface area contributed by atoms with E-state index < -0.39 is 0 Å². The molecule has 0 fully saturated rings. The van der Waals surface area contributed by atoms with E-state index in [4.69, 9.17) is 14.5 Å². The van der Waals surface area contributed by atoms with Gasteiger partial charge in [0.25, 0.3) is 0 Å². The topological polar surface area (TPSA) is 36.3 Å². The highest BCUT2D eigenvalue weighted by Gasteiger charge is 2.10. The molecule has 1 heterocycles. The zero-order chi connectivity index (χ0) is 15.9. The normalized spacial score (nSPS) is 11.1. The number of imidazole rings is 1. The summed E-state index contributed by atoms with van der Waals surface area (Å²) in [5.74, 6) is 2.32. The van der Waals surface area contributed by atoms with Gasteiger partial charge in [-0.2, -0.15) is 0 Å². The minimum atomic E-state index is 0.443.